The van der Waals surface area contributed by atoms with Crippen molar-refractivity contribution in [1.29, 1.82) is 0 Å². The second-order valence-corrected chi connectivity index (χ2v) is 4.63. The van der Waals surface area contributed by atoms with E-state index in [-0.39, 0.29) is 5.41 Å². The molecule has 1 saturated carbocycles. The molecular weight excluding hydrogens is 148 g/mol. The van der Waals surface area contributed by atoms with Gasteiger partial charge in [0, 0.05) is 5.41 Å². The Bertz CT molecular complexity index is 209. The predicted octanol–water partition coefficient (Wildman–Crippen LogP) is 2.65. The van der Waals surface area contributed by atoms with Crippen LogP contribution in [0.4, 0.5) is 0 Å². The second-order valence-electron chi connectivity index (χ2n) is 4.63. The van der Waals surface area contributed by atoms with Crippen LogP contribution in [0.1, 0.15) is 45.4 Å². The number of hydrogen-bond donors (Lipinski definition) is 1. The summed E-state index contributed by atoms with van der Waals surface area (Å²) in [6, 6.07) is 0. The molecule has 0 bridgehead atoms. The van der Waals surface area contributed by atoms with E-state index in [1.165, 1.54) is 25.7 Å². The average molecular weight is 166 g/mol. The first-order valence-electron chi connectivity index (χ1n) is 5.06. The van der Waals surface area contributed by atoms with E-state index in [0.29, 0.717) is 0 Å². The van der Waals surface area contributed by atoms with E-state index in [0.717, 1.165) is 12.8 Å². The molecule has 0 aromatic heterocycles. The van der Waals surface area contributed by atoms with Crippen molar-refractivity contribution < 1.29 is 5.11 Å². The van der Waals surface area contributed by atoms with Crippen LogP contribution >= 0.6 is 0 Å². The molecule has 0 aromatic rings. The molecule has 2 aliphatic rings. The van der Waals surface area contributed by atoms with Gasteiger partial charge in [0.2, 0.25) is 0 Å². The van der Waals surface area contributed by atoms with Gasteiger partial charge in [0.15, 0.2) is 0 Å². The zero-order chi connectivity index (χ0) is 8.66. The number of rotatable bonds is 0. The minimum atomic E-state index is -0.469. The van der Waals surface area contributed by atoms with Crippen LogP contribution in [0.3, 0.4) is 0 Å². The molecule has 1 N–H and O–H groups in total. The maximum absolute atomic E-state index is 10.4. The fraction of sp³-hybridized carbons (Fsp3) is 0.818. The Morgan fingerprint density at radius 1 is 1.17 bits per heavy atom. The third-order valence-electron chi connectivity index (χ3n) is 3.84. The zero-order valence-electron chi connectivity index (χ0n) is 7.84. The van der Waals surface area contributed by atoms with Crippen molar-refractivity contribution in [3.63, 3.8) is 0 Å². The molecule has 2 aliphatic carbocycles. The first kappa shape index (κ1) is 8.31. The van der Waals surface area contributed by atoms with Crippen molar-refractivity contribution in [2.24, 2.45) is 5.41 Å². The van der Waals surface area contributed by atoms with Crippen LogP contribution in [-0.2, 0) is 0 Å². The lowest BCUT2D eigenvalue weighted by Gasteiger charge is -2.49. The SMILES string of the molecule is CC12CCC=CC1(O)CCCC2. The molecule has 2 unspecified atom stereocenters. The Morgan fingerprint density at radius 2 is 1.92 bits per heavy atom. The fourth-order valence-corrected chi connectivity index (χ4v) is 2.73. The van der Waals surface area contributed by atoms with Gasteiger partial charge in [-0.1, -0.05) is 31.9 Å². The number of hydrogen-bond acceptors (Lipinski definition) is 1. The number of aliphatic hydroxyl groups is 1. The monoisotopic (exact) mass is 166 g/mol. The summed E-state index contributed by atoms with van der Waals surface area (Å²) in [6.45, 7) is 2.25. The van der Waals surface area contributed by atoms with Crippen molar-refractivity contribution in [1.82, 2.24) is 0 Å². The molecule has 0 amide bonds. The summed E-state index contributed by atoms with van der Waals surface area (Å²) >= 11 is 0. The van der Waals surface area contributed by atoms with Crippen molar-refractivity contribution in [3.8, 4) is 0 Å². The van der Waals surface area contributed by atoms with Crippen LogP contribution in [0.15, 0.2) is 12.2 Å². The molecule has 0 heterocycles. The summed E-state index contributed by atoms with van der Waals surface area (Å²) < 4.78 is 0. The number of fused-ring (bicyclic) bond motifs is 1. The average Bonchev–Trinajstić information content (AvgIpc) is 2.05. The van der Waals surface area contributed by atoms with Crippen LogP contribution < -0.4 is 0 Å². The van der Waals surface area contributed by atoms with Gasteiger partial charge in [-0.2, -0.15) is 0 Å². The van der Waals surface area contributed by atoms with Crippen molar-refractivity contribution in [2.75, 3.05) is 0 Å². The normalized spacial score (nSPS) is 47.2. The van der Waals surface area contributed by atoms with Gasteiger partial charge in [0.1, 0.15) is 0 Å². The molecule has 2 atom stereocenters. The van der Waals surface area contributed by atoms with Crippen molar-refractivity contribution in [2.45, 2.75) is 51.0 Å². The van der Waals surface area contributed by atoms with Crippen LogP contribution in [0, 0.1) is 5.41 Å². The summed E-state index contributed by atoms with van der Waals surface area (Å²) in [5, 5.41) is 10.4. The van der Waals surface area contributed by atoms with Gasteiger partial charge >= 0.3 is 0 Å². The molecule has 0 spiro atoms. The van der Waals surface area contributed by atoms with Crippen LogP contribution in [0.25, 0.3) is 0 Å². The Kier molecular flexibility index (Phi) is 1.80. The highest BCUT2D eigenvalue weighted by Gasteiger charge is 2.47. The van der Waals surface area contributed by atoms with Crippen molar-refractivity contribution >= 4 is 0 Å². The Balaban J connectivity index is 2.30. The highest BCUT2D eigenvalue weighted by atomic mass is 16.3. The quantitative estimate of drug-likeness (QED) is 0.548. The minimum absolute atomic E-state index is 0.181. The maximum atomic E-state index is 10.4. The summed E-state index contributed by atoms with van der Waals surface area (Å²) in [7, 11) is 0. The Labute approximate surface area is 74.5 Å². The van der Waals surface area contributed by atoms with Crippen molar-refractivity contribution in [3.05, 3.63) is 12.2 Å². The fourth-order valence-electron chi connectivity index (χ4n) is 2.73. The largest absolute Gasteiger partial charge is 0.385 e. The van der Waals surface area contributed by atoms with E-state index in [2.05, 4.69) is 19.1 Å². The van der Waals surface area contributed by atoms with E-state index >= 15 is 0 Å². The highest BCUT2D eigenvalue weighted by molar-refractivity contribution is 5.15. The van der Waals surface area contributed by atoms with Gasteiger partial charge < -0.3 is 5.11 Å². The van der Waals surface area contributed by atoms with E-state index in [1.54, 1.807) is 0 Å². The van der Waals surface area contributed by atoms with Crippen LogP contribution in [0.2, 0.25) is 0 Å². The van der Waals surface area contributed by atoms with Crippen LogP contribution in [0.5, 0.6) is 0 Å². The highest BCUT2D eigenvalue weighted by Crippen LogP contribution is 2.50. The zero-order valence-corrected chi connectivity index (χ0v) is 7.84. The lowest BCUT2D eigenvalue weighted by Crippen LogP contribution is -2.48. The van der Waals surface area contributed by atoms with Gasteiger partial charge in [-0.25, -0.2) is 0 Å². The molecule has 0 saturated heterocycles. The molecule has 1 heteroatoms. The lowest BCUT2D eigenvalue weighted by molar-refractivity contribution is -0.0764. The first-order chi connectivity index (χ1) is 5.66. The molecule has 1 nitrogen and oxygen atoms in total. The summed E-state index contributed by atoms with van der Waals surface area (Å²) in [5.74, 6) is 0. The van der Waals surface area contributed by atoms with Gasteiger partial charge in [0.25, 0.3) is 0 Å². The first-order valence-corrected chi connectivity index (χ1v) is 5.06. The summed E-state index contributed by atoms with van der Waals surface area (Å²) in [6.07, 6.45) is 11.2. The predicted molar refractivity (Wildman–Crippen MR) is 49.9 cm³/mol. The number of allylic oxidation sites excluding steroid dienone is 1. The third-order valence-corrected chi connectivity index (χ3v) is 3.84. The minimum Gasteiger partial charge on any atom is -0.385 e. The van der Waals surface area contributed by atoms with Gasteiger partial charge in [-0.05, 0) is 25.7 Å². The molecule has 68 valence electrons. The van der Waals surface area contributed by atoms with Gasteiger partial charge in [0.05, 0.1) is 5.60 Å². The molecular formula is C11H18O. The van der Waals surface area contributed by atoms with Gasteiger partial charge in [-0.3, -0.25) is 0 Å². The van der Waals surface area contributed by atoms with Crippen LogP contribution in [-0.4, -0.2) is 10.7 Å². The Hall–Kier alpha value is -0.300. The molecule has 0 aromatic carbocycles. The van der Waals surface area contributed by atoms with E-state index < -0.39 is 5.60 Å². The Morgan fingerprint density at radius 3 is 2.67 bits per heavy atom. The molecule has 12 heavy (non-hydrogen) atoms. The summed E-state index contributed by atoms with van der Waals surface area (Å²) in [4.78, 5) is 0. The van der Waals surface area contributed by atoms with E-state index in [9.17, 15) is 5.11 Å². The smallest absolute Gasteiger partial charge is 0.0881 e. The summed E-state index contributed by atoms with van der Waals surface area (Å²) in [5.41, 5.74) is -0.288. The van der Waals surface area contributed by atoms with E-state index in [4.69, 9.17) is 0 Å². The standard InChI is InChI=1S/C11H18O/c1-10-6-2-4-8-11(10,12)9-5-3-7-10/h4,8,12H,2-3,5-7,9H2,1H3. The van der Waals surface area contributed by atoms with Gasteiger partial charge in [-0.15, -0.1) is 0 Å². The molecule has 2 rings (SSSR count). The van der Waals surface area contributed by atoms with E-state index in [1.807, 2.05) is 0 Å². The third kappa shape index (κ3) is 1.03. The lowest BCUT2D eigenvalue weighted by atomic mass is 9.60. The molecule has 0 aliphatic heterocycles. The second kappa shape index (κ2) is 2.59. The maximum Gasteiger partial charge on any atom is 0.0881 e. The topological polar surface area (TPSA) is 20.2 Å². The molecule has 1 fully saturated rings. The molecule has 0 radical (unpaired) electrons.